The summed E-state index contributed by atoms with van der Waals surface area (Å²) in [5, 5.41) is 3.37. The molecule has 1 aromatic carbocycles. The van der Waals surface area contributed by atoms with E-state index in [4.69, 9.17) is 4.74 Å². The topological polar surface area (TPSA) is 21.3 Å². The number of hydrogen-bond acceptors (Lipinski definition) is 2. The average molecular weight is 279 g/mol. The molecule has 0 aliphatic heterocycles. The van der Waals surface area contributed by atoms with Crippen molar-refractivity contribution in [2.24, 2.45) is 5.92 Å². The first-order valence-corrected chi connectivity index (χ1v) is 7.60. The zero-order valence-electron chi connectivity index (χ0n) is 12.8. The van der Waals surface area contributed by atoms with Crippen molar-refractivity contribution in [3.05, 3.63) is 29.6 Å². The second-order valence-electron chi connectivity index (χ2n) is 6.86. The van der Waals surface area contributed by atoms with Crippen molar-refractivity contribution in [3.63, 3.8) is 0 Å². The first-order valence-electron chi connectivity index (χ1n) is 7.60. The molecule has 0 heterocycles. The predicted molar refractivity (Wildman–Crippen MR) is 80.4 cm³/mol. The van der Waals surface area contributed by atoms with Crippen molar-refractivity contribution in [2.75, 3.05) is 6.61 Å². The van der Waals surface area contributed by atoms with Crippen molar-refractivity contribution < 1.29 is 9.13 Å². The van der Waals surface area contributed by atoms with Crippen LogP contribution in [0.25, 0.3) is 0 Å². The molecular weight excluding hydrogens is 253 g/mol. The summed E-state index contributed by atoms with van der Waals surface area (Å²) < 4.78 is 19.4. The zero-order valence-corrected chi connectivity index (χ0v) is 12.8. The van der Waals surface area contributed by atoms with Crippen LogP contribution < -0.4 is 10.1 Å². The monoisotopic (exact) mass is 279 g/mol. The maximum atomic E-state index is 13.6. The van der Waals surface area contributed by atoms with Crippen molar-refractivity contribution >= 4 is 0 Å². The summed E-state index contributed by atoms with van der Waals surface area (Å²) in [4.78, 5) is 0. The molecule has 2 rings (SSSR count). The zero-order chi connectivity index (χ0) is 14.6. The highest BCUT2D eigenvalue weighted by Gasteiger charge is 2.16. The van der Waals surface area contributed by atoms with E-state index in [0.29, 0.717) is 18.2 Å². The quantitative estimate of drug-likeness (QED) is 0.868. The number of rotatable bonds is 5. The van der Waals surface area contributed by atoms with E-state index in [1.165, 1.54) is 31.7 Å². The normalized spacial score (nSPS) is 16.6. The molecule has 0 saturated heterocycles. The SMILES string of the molecule is CC(C)(C)NCc1cc(F)cc(OCC2CCCC2)c1. The number of halogens is 1. The molecule has 20 heavy (non-hydrogen) atoms. The van der Waals surface area contributed by atoms with Crippen LogP contribution in [0.4, 0.5) is 4.39 Å². The molecule has 1 saturated carbocycles. The van der Waals surface area contributed by atoms with Crippen LogP contribution in [0.1, 0.15) is 52.0 Å². The minimum absolute atomic E-state index is 0.0250. The average Bonchev–Trinajstić information content (AvgIpc) is 2.86. The Labute approximate surface area is 121 Å². The number of nitrogens with one attached hydrogen (secondary N) is 1. The molecule has 1 aliphatic carbocycles. The number of ether oxygens (including phenoxy) is 1. The fourth-order valence-corrected chi connectivity index (χ4v) is 2.56. The molecule has 1 fully saturated rings. The lowest BCUT2D eigenvalue weighted by atomic mass is 10.1. The molecule has 0 unspecified atom stereocenters. The van der Waals surface area contributed by atoms with Crippen LogP contribution in [0.5, 0.6) is 5.75 Å². The Morgan fingerprint density at radius 1 is 1.20 bits per heavy atom. The smallest absolute Gasteiger partial charge is 0.127 e. The molecule has 0 atom stereocenters. The van der Waals surface area contributed by atoms with Crippen LogP contribution in [0.15, 0.2) is 18.2 Å². The van der Waals surface area contributed by atoms with E-state index >= 15 is 0 Å². The van der Waals surface area contributed by atoms with E-state index in [1.54, 1.807) is 6.07 Å². The number of hydrogen-bond donors (Lipinski definition) is 1. The van der Waals surface area contributed by atoms with E-state index < -0.39 is 0 Å². The highest BCUT2D eigenvalue weighted by molar-refractivity contribution is 5.29. The Hall–Kier alpha value is -1.09. The first kappa shape index (κ1) is 15.3. The Bertz CT molecular complexity index is 433. The molecular formula is C17H26FNO. The lowest BCUT2D eigenvalue weighted by molar-refractivity contribution is 0.251. The third-order valence-corrected chi connectivity index (χ3v) is 3.71. The highest BCUT2D eigenvalue weighted by Crippen LogP contribution is 2.26. The van der Waals surface area contributed by atoms with Gasteiger partial charge in [-0.25, -0.2) is 4.39 Å². The minimum Gasteiger partial charge on any atom is -0.493 e. The summed E-state index contributed by atoms with van der Waals surface area (Å²) in [6, 6.07) is 4.99. The van der Waals surface area contributed by atoms with E-state index in [1.807, 2.05) is 6.07 Å². The van der Waals surface area contributed by atoms with E-state index in [-0.39, 0.29) is 11.4 Å². The van der Waals surface area contributed by atoms with Crippen molar-refractivity contribution in [3.8, 4) is 5.75 Å². The molecule has 0 aromatic heterocycles. The van der Waals surface area contributed by atoms with E-state index in [0.717, 1.165) is 12.2 Å². The van der Waals surface area contributed by atoms with Crippen LogP contribution in [-0.4, -0.2) is 12.1 Å². The summed E-state index contributed by atoms with van der Waals surface area (Å²) in [6.45, 7) is 7.67. The predicted octanol–water partition coefficient (Wildman–Crippen LogP) is 4.28. The van der Waals surface area contributed by atoms with E-state index in [2.05, 4.69) is 26.1 Å². The fourth-order valence-electron chi connectivity index (χ4n) is 2.56. The Kier molecular flexibility index (Phi) is 5.03. The maximum absolute atomic E-state index is 13.6. The van der Waals surface area contributed by atoms with Gasteiger partial charge in [0.1, 0.15) is 11.6 Å². The summed E-state index contributed by atoms with van der Waals surface area (Å²) in [6.07, 6.45) is 5.09. The lowest BCUT2D eigenvalue weighted by Gasteiger charge is -2.21. The van der Waals surface area contributed by atoms with Crippen LogP contribution in [-0.2, 0) is 6.54 Å². The molecule has 0 radical (unpaired) electrons. The molecule has 2 nitrogen and oxygen atoms in total. The largest absolute Gasteiger partial charge is 0.493 e. The highest BCUT2D eigenvalue weighted by atomic mass is 19.1. The number of benzene rings is 1. The van der Waals surface area contributed by atoms with Gasteiger partial charge in [-0.2, -0.15) is 0 Å². The lowest BCUT2D eigenvalue weighted by Crippen LogP contribution is -2.35. The van der Waals surface area contributed by atoms with Gasteiger partial charge < -0.3 is 10.1 Å². The van der Waals surface area contributed by atoms with Gasteiger partial charge in [0.2, 0.25) is 0 Å². The van der Waals surface area contributed by atoms with E-state index in [9.17, 15) is 4.39 Å². The molecule has 3 heteroatoms. The van der Waals surface area contributed by atoms with Crippen molar-refractivity contribution in [2.45, 2.75) is 58.5 Å². The second-order valence-corrected chi connectivity index (χ2v) is 6.86. The van der Waals surface area contributed by atoms with Gasteiger partial charge in [0.05, 0.1) is 6.61 Å². The summed E-state index contributed by atoms with van der Waals surface area (Å²) in [5.74, 6) is 1.08. The fraction of sp³-hybridized carbons (Fsp3) is 0.647. The van der Waals surface area contributed by atoms with Gasteiger partial charge in [0.25, 0.3) is 0 Å². The van der Waals surface area contributed by atoms with Crippen LogP contribution in [0.2, 0.25) is 0 Å². The molecule has 1 N–H and O–H groups in total. The van der Waals surface area contributed by atoms with Gasteiger partial charge >= 0.3 is 0 Å². The minimum atomic E-state index is -0.223. The summed E-state index contributed by atoms with van der Waals surface area (Å²) >= 11 is 0. The van der Waals surface area contributed by atoms with Gasteiger partial charge in [-0.3, -0.25) is 0 Å². The molecule has 0 bridgehead atoms. The van der Waals surface area contributed by atoms with Gasteiger partial charge in [-0.05, 0) is 57.2 Å². The van der Waals surface area contributed by atoms with Crippen LogP contribution >= 0.6 is 0 Å². The first-order chi connectivity index (χ1) is 9.42. The third kappa shape index (κ3) is 5.12. The Balaban J connectivity index is 1.93. The third-order valence-electron chi connectivity index (χ3n) is 3.71. The Morgan fingerprint density at radius 3 is 2.55 bits per heavy atom. The molecule has 1 aliphatic rings. The molecule has 112 valence electrons. The van der Waals surface area contributed by atoms with Crippen molar-refractivity contribution in [1.29, 1.82) is 0 Å². The molecule has 0 spiro atoms. The van der Waals surface area contributed by atoms with Gasteiger partial charge in [-0.1, -0.05) is 12.8 Å². The van der Waals surface area contributed by atoms with Gasteiger partial charge in [0, 0.05) is 18.2 Å². The maximum Gasteiger partial charge on any atom is 0.127 e. The molecule has 1 aromatic rings. The molecule has 0 amide bonds. The summed E-state index contributed by atoms with van der Waals surface area (Å²) in [5.41, 5.74) is 0.957. The second kappa shape index (κ2) is 6.57. The summed E-state index contributed by atoms with van der Waals surface area (Å²) in [7, 11) is 0. The van der Waals surface area contributed by atoms with Gasteiger partial charge in [-0.15, -0.1) is 0 Å². The van der Waals surface area contributed by atoms with Crippen molar-refractivity contribution in [1.82, 2.24) is 5.32 Å². The van der Waals surface area contributed by atoms with Gasteiger partial charge in [0.15, 0.2) is 0 Å². The van der Waals surface area contributed by atoms with Crippen LogP contribution in [0.3, 0.4) is 0 Å². The standard InChI is InChI=1S/C17H26FNO/c1-17(2,3)19-11-14-8-15(18)10-16(9-14)20-12-13-6-4-5-7-13/h8-10,13,19H,4-7,11-12H2,1-3H3. The Morgan fingerprint density at radius 2 is 1.90 bits per heavy atom. The van der Waals surface area contributed by atoms with Crippen LogP contribution in [0, 0.1) is 11.7 Å².